The molecule has 3 rings (SSSR count). The third-order valence-corrected chi connectivity index (χ3v) is 3.12. The highest BCUT2D eigenvalue weighted by Gasteiger charge is 2.13. The maximum Gasteiger partial charge on any atom is 0.347 e. The van der Waals surface area contributed by atoms with Crippen molar-refractivity contribution in [3.05, 3.63) is 82.0 Å². The van der Waals surface area contributed by atoms with E-state index in [1.165, 1.54) is 16.7 Å². The Hall–Kier alpha value is -2.76. The average Bonchev–Trinajstić information content (AvgIpc) is 2.84. The molecule has 106 valence electrons. The Bertz CT molecular complexity index is 824. The molecule has 6 heteroatoms. The second-order valence-corrected chi connectivity index (χ2v) is 4.53. The van der Waals surface area contributed by atoms with Crippen molar-refractivity contribution in [2.45, 2.75) is 6.42 Å². The van der Waals surface area contributed by atoms with Crippen LogP contribution in [0.2, 0.25) is 0 Å². The molecule has 0 unspecified atom stereocenters. The predicted molar refractivity (Wildman–Crippen MR) is 73.3 cm³/mol. The first kappa shape index (κ1) is 13.2. The van der Waals surface area contributed by atoms with Crippen LogP contribution in [0.5, 0.6) is 0 Å². The minimum Gasteiger partial charge on any atom is -0.247 e. The van der Waals surface area contributed by atoms with E-state index in [1.807, 2.05) is 6.07 Å². The van der Waals surface area contributed by atoms with Gasteiger partial charge in [0.15, 0.2) is 0 Å². The quantitative estimate of drug-likeness (QED) is 0.804. The van der Waals surface area contributed by atoms with Crippen LogP contribution in [-0.2, 0) is 6.42 Å². The average molecular weight is 287 g/mol. The molecule has 0 fully saturated rings. The first-order valence-corrected chi connectivity index (χ1v) is 6.31. The molecule has 3 aromatic rings. The number of aromatic nitrogens is 3. The van der Waals surface area contributed by atoms with E-state index in [4.69, 9.17) is 0 Å². The standard InChI is InChI=1S/C15H11F2N3O/c16-11-7-6-10(13(17)9-11)8-14-18-19-15(21)20(14)12-4-2-1-3-5-12/h1-7,9H,8H2,(H,19,21). The summed E-state index contributed by atoms with van der Waals surface area (Å²) in [5.74, 6) is -0.944. The normalized spacial score (nSPS) is 10.8. The van der Waals surface area contributed by atoms with Gasteiger partial charge in [0.2, 0.25) is 0 Å². The van der Waals surface area contributed by atoms with Gasteiger partial charge in [-0.1, -0.05) is 24.3 Å². The van der Waals surface area contributed by atoms with E-state index in [-0.39, 0.29) is 12.0 Å². The number of aromatic amines is 1. The maximum absolute atomic E-state index is 13.7. The summed E-state index contributed by atoms with van der Waals surface area (Å²) in [5.41, 5.74) is 0.500. The van der Waals surface area contributed by atoms with Gasteiger partial charge in [-0.05, 0) is 23.8 Å². The van der Waals surface area contributed by atoms with Crippen molar-refractivity contribution in [3.8, 4) is 5.69 Å². The topological polar surface area (TPSA) is 50.7 Å². The monoisotopic (exact) mass is 287 g/mol. The third kappa shape index (κ3) is 2.60. The predicted octanol–water partition coefficient (Wildman–Crippen LogP) is 2.43. The number of rotatable bonds is 3. The molecule has 0 bridgehead atoms. The van der Waals surface area contributed by atoms with Gasteiger partial charge in [-0.15, -0.1) is 0 Å². The molecule has 1 heterocycles. The van der Waals surface area contributed by atoms with Gasteiger partial charge < -0.3 is 0 Å². The third-order valence-electron chi connectivity index (χ3n) is 3.12. The highest BCUT2D eigenvalue weighted by atomic mass is 19.1. The Morgan fingerprint density at radius 2 is 1.86 bits per heavy atom. The fraction of sp³-hybridized carbons (Fsp3) is 0.0667. The minimum absolute atomic E-state index is 0.0831. The van der Waals surface area contributed by atoms with E-state index >= 15 is 0 Å². The summed E-state index contributed by atoms with van der Waals surface area (Å²) in [6.07, 6.45) is 0.0831. The fourth-order valence-corrected chi connectivity index (χ4v) is 2.13. The smallest absolute Gasteiger partial charge is 0.247 e. The van der Waals surface area contributed by atoms with E-state index in [0.717, 1.165) is 6.07 Å². The summed E-state index contributed by atoms with van der Waals surface area (Å²) in [4.78, 5) is 11.9. The van der Waals surface area contributed by atoms with Gasteiger partial charge in [0.1, 0.15) is 17.5 Å². The molecule has 2 aromatic carbocycles. The summed E-state index contributed by atoms with van der Waals surface area (Å²) in [5, 5.41) is 6.26. The molecule has 0 amide bonds. The lowest BCUT2D eigenvalue weighted by molar-refractivity contribution is 0.573. The molecule has 0 radical (unpaired) electrons. The zero-order valence-corrected chi connectivity index (χ0v) is 10.9. The highest BCUT2D eigenvalue weighted by molar-refractivity contribution is 5.33. The summed E-state index contributed by atoms with van der Waals surface area (Å²) >= 11 is 0. The lowest BCUT2D eigenvalue weighted by atomic mass is 10.1. The number of nitrogens with one attached hydrogen (secondary N) is 1. The van der Waals surface area contributed by atoms with Gasteiger partial charge in [0.25, 0.3) is 0 Å². The molecule has 4 nitrogen and oxygen atoms in total. The van der Waals surface area contributed by atoms with Crippen molar-refractivity contribution in [1.82, 2.24) is 14.8 Å². The van der Waals surface area contributed by atoms with E-state index < -0.39 is 17.3 Å². The second-order valence-electron chi connectivity index (χ2n) is 4.53. The van der Waals surface area contributed by atoms with Crippen LogP contribution in [-0.4, -0.2) is 14.8 Å². The van der Waals surface area contributed by atoms with Crippen LogP contribution in [0.25, 0.3) is 5.69 Å². The van der Waals surface area contributed by atoms with Gasteiger partial charge in [0, 0.05) is 12.5 Å². The van der Waals surface area contributed by atoms with Gasteiger partial charge in [0.05, 0.1) is 5.69 Å². The summed E-state index contributed by atoms with van der Waals surface area (Å²) in [6.45, 7) is 0. The molecule has 0 spiro atoms. The van der Waals surface area contributed by atoms with Crippen LogP contribution in [0.4, 0.5) is 8.78 Å². The van der Waals surface area contributed by atoms with Crippen LogP contribution in [0, 0.1) is 11.6 Å². The lowest BCUT2D eigenvalue weighted by Crippen LogP contribution is -2.17. The van der Waals surface area contributed by atoms with Gasteiger partial charge >= 0.3 is 5.69 Å². The van der Waals surface area contributed by atoms with Crippen LogP contribution in [0.3, 0.4) is 0 Å². The van der Waals surface area contributed by atoms with E-state index in [1.54, 1.807) is 24.3 Å². The SMILES string of the molecule is O=c1[nH]nc(Cc2ccc(F)cc2F)n1-c1ccccc1. The zero-order chi connectivity index (χ0) is 14.8. The molecule has 0 aliphatic carbocycles. The Labute approximate surface area is 118 Å². The van der Waals surface area contributed by atoms with Crippen molar-refractivity contribution in [1.29, 1.82) is 0 Å². The first-order chi connectivity index (χ1) is 10.1. The molecule has 0 aliphatic heterocycles. The van der Waals surface area contributed by atoms with Crippen molar-refractivity contribution in [2.24, 2.45) is 0 Å². The largest absolute Gasteiger partial charge is 0.347 e. The zero-order valence-electron chi connectivity index (χ0n) is 10.9. The Morgan fingerprint density at radius 1 is 1.10 bits per heavy atom. The van der Waals surface area contributed by atoms with E-state index in [9.17, 15) is 13.6 Å². The summed E-state index contributed by atoms with van der Waals surface area (Å²) in [7, 11) is 0. The maximum atomic E-state index is 13.7. The number of benzene rings is 2. The number of hydrogen-bond acceptors (Lipinski definition) is 2. The fourth-order valence-electron chi connectivity index (χ4n) is 2.13. The Morgan fingerprint density at radius 3 is 2.57 bits per heavy atom. The number of hydrogen-bond donors (Lipinski definition) is 1. The Balaban J connectivity index is 2.03. The number of para-hydroxylation sites is 1. The van der Waals surface area contributed by atoms with Crippen molar-refractivity contribution in [2.75, 3.05) is 0 Å². The molecule has 1 N–H and O–H groups in total. The van der Waals surface area contributed by atoms with Crippen LogP contribution in [0.15, 0.2) is 53.3 Å². The molecule has 0 aliphatic rings. The van der Waals surface area contributed by atoms with Crippen molar-refractivity contribution < 1.29 is 8.78 Å². The van der Waals surface area contributed by atoms with Gasteiger partial charge in [-0.3, -0.25) is 0 Å². The van der Waals surface area contributed by atoms with Crippen LogP contribution in [0.1, 0.15) is 11.4 Å². The van der Waals surface area contributed by atoms with Gasteiger partial charge in [-0.25, -0.2) is 23.2 Å². The highest BCUT2D eigenvalue weighted by Crippen LogP contribution is 2.15. The number of halogens is 2. The number of H-pyrrole nitrogens is 1. The van der Waals surface area contributed by atoms with E-state index in [0.29, 0.717) is 11.5 Å². The van der Waals surface area contributed by atoms with Crippen LogP contribution < -0.4 is 5.69 Å². The van der Waals surface area contributed by atoms with Gasteiger partial charge in [-0.2, -0.15) is 5.10 Å². The molecular weight excluding hydrogens is 276 g/mol. The molecule has 0 saturated heterocycles. The molecule has 21 heavy (non-hydrogen) atoms. The summed E-state index contributed by atoms with van der Waals surface area (Å²) < 4.78 is 28.0. The molecule has 0 atom stereocenters. The molecular formula is C15H11F2N3O. The number of nitrogens with zero attached hydrogens (tertiary/aromatic N) is 2. The Kier molecular flexibility index (Phi) is 3.35. The molecule has 1 aromatic heterocycles. The lowest BCUT2D eigenvalue weighted by Gasteiger charge is -2.06. The summed E-state index contributed by atoms with van der Waals surface area (Å²) in [6, 6.07) is 12.2. The minimum atomic E-state index is -0.662. The van der Waals surface area contributed by atoms with Crippen molar-refractivity contribution in [3.63, 3.8) is 0 Å². The van der Waals surface area contributed by atoms with Crippen molar-refractivity contribution >= 4 is 0 Å². The van der Waals surface area contributed by atoms with Crippen LogP contribution >= 0.6 is 0 Å². The first-order valence-electron chi connectivity index (χ1n) is 6.31. The van der Waals surface area contributed by atoms with E-state index in [2.05, 4.69) is 10.2 Å². The second kappa shape index (κ2) is 5.32. The molecule has 0 saturated carbocycles.